The molecule has 0 saturated carbocycles. The van der Waals surface area contributed by atoms with Crippen molar-refractivity contribution in [3.05, 3.63) is 108 Å². The second kappa shape index (κ2) is 14.8. The second-order valence-electron chi connectivity index (χ2n) is 9.96. The number of nitrogens with two attached hydrogens (primary N) is 3. The number of nitrogens with zero attached hydrogens (tertiary/aromatic N) is 2. The first-order valence-corrected chi connectivity index (χ1v) is 13.9. The maximum Gasteiger partial charge on any atom is 0.247 e. The SMILES string of the molecule is NCCN(CCN)C(=O)C[C@H](N)C(=O)N[C@H](C(=O)Nc1cnc2ccccc2c1)C(c1ccccc1)c1ccccc1. The van der Waals surface area contributed by atoms with Crippen molar-refractivity contribution in [3.63, 3.8) is 0 Å². The molecule has 3 aromatic carbocycles. The number of hydrogen-bond acceptors (Lipinski definition) is 7. The number of carbonyl (C=O) groups excluding carboxylic acids is 3. The minimum absolute atomic E-state index is 0.254. The Morgan fingerprint density at radius 3 is 1.95 bits per heavy atom. The lowest BCUT2D eigenvalue weighted by atomic mass is 9.84. The second-order valence-corrected chi connectivity index (χ2v) is 9.96. The highest BCUT2D eigenvalue weighted by atomic mass is 16.2. The number of nitrogens with one attached hydrogen (secondary N) is 2. The molecule has 10 heteroatoms. The van der Waals surface area contributed by atoms with Gasteiger partial charge in [0.2, 0.25) is 17.7 Å². The average Bonchev–Trinajstić information content (AvgIpc) is 3.01. The van der Waals surface area contributed by atoms with Gasteiger partial charge in [-0.2, -0.15) is 0 Å². The third-order valence-corrected chi connectivity index (χ3v) is 6.97. The smallest absolute Gasteiger partial charge is 0.247 e. The lowest BCUT2D eigenvalue weighted by molar-refractivity contribution is -0.134. The molecule has 8 N–H and O–H groups in total. The summed E-state index contributed by atoms with van der Waals surface area (Å²) >= 11 is 0. The molecule has 0 saturated heterocycles. The minimum Gasteiger partial charge on any atom is -0.342 e. The van der Waals surface area contributed by atoms with E-state index in [-0.39, 0.29) is 25.4 Å². The summed E-state index contributed by atoms with van der Waals surface area (Å²) in [6.45, 7) is 1.13. The molecule has 0 unspecified atom stereocenters. The Morgan fingerprint density at radius 1 is 0.786 bits per heavy atom. The van der Waals surface area contributed by atoms with E-state index in [1.807, 2.05) is 91.0 Å². The molecule has 0 aliphatic rings. The summed E-state index contributed by atoms with van der Waals surface area (Å²) in [4.78, 5) is 46.3. The van der Waals surface area contributed by atoms with E-state index in [1.54, 1.807) is 6.20 Å². The number of fused-ring (bicyclic) bond motifs is 1. The summed E-state index contributed by atoms with van der Waals surface area (Å²) in [6, 6.07) is 26.0. The van der Waals surface area contributed by atoms with Gasteiger partial charge in [0.1, 0.15) is 6.04 Å². The number of hydrogen-bond donors (Lipinski definition) is 5. The van der Waals surface area contributed by atoms with Gasteiger partial charge in [0.25, 0.3) is 0 Å². The number of para-hydroxylation sites is 1. The molecular formula is C32H37N7O3. The molecule has 0 radical (unpaired) electrons. The Labute approximate surface area is 245 Å². The molecule has 3 amide bonds. The summed E-state index contributed by atoms with van der Waals surface area (Å²) < 4.78 is 0. The van der Waals surface area contributed by atoms with Crippen molar-refractivity contribution in [2.45, 2.75) is 24.4 Å². The van der Waals surface area contributed by atoms with Crippen molar-refractivity contribution in [2.75, 3.05) is 31.5 Å². The van der Waals surface area contributed by atoms with Gasteiger partial charge in [-0.15, -0.1) is 0 Å². The maximum absolute atomic E-state index is 14.0. The lowest BCUT2D eigenvalue weighted by Crippen LogP contribution is -2.54. The van der Waals surface area contributed by atoms with Gasteiger partial charge in [-0.1, -0.05) is 78.9 Å². The van der Waals surface area contributed by atoms with Gasteiger partial charge in [-0.25, -0.2) is 0 Å². The Morgan fingerprint density at radius 2 is 1.36 bits per heavy atom. The molecule has 42 heavy (non-hydrogen) atoms. The molecule has 0 bridgehead atoms. The van der Waals surface area contributed by atoms with E-state index >= 15 is 0 Å². The number of benzene rings is 3. The zero-order valence-corrected chi connectivity index (χ0v) is 23.4. The molecule has 0 aliphatic heterocycles. The topological polar surface area (TPSA) is 169 Å². The largest absolute Gasteiger partial charge is 0.342 e. The molecule has 4 rings (SSSR count). The maximum atomic E-state index is 14.0. The molecule has 2 atom stereocenters. The summed E-state index contributed by atoms with van der Waals surface area (Å²) in [5.74, 6) is -1.97. The van der Waals surface area contributed by atoms with Gasteiger partial charge in [-0.05, 0) is 23.3 Å². The van der Waals surface area contributed by atoms with Gasteiger partial charge >= 0.3 is 0 Å². The first-order valence-electron chi connectivity index (χ1n) is 13.9. The molecule has 0 spiro atoms. The predicted molar refractivity (Wildman–Crippen MR) is 164 cm³/mol. The first-order chi connectivity index (χ1) is 20.4. The van der Waals surface area contributed by atoms with E-state index in [4.69, 9.17) is 17.2 Å². The molecule has 4 aromatic rings. The number of aromatic nitrogens is 1. The van der Waals surface area contributed by atoms with Crippen LogP contribution in [0.3, 0.4) is 0 Å². The third-order valence-electron chi connectivity index (χ3n) is 6.97. The Balaban J connectivity index is 1.65. The van der Waals surface area contributed by atoms with Crippen molar-refractivity contribution < 1.29 is 14.4 Å². The Bertz CT molecular complexity index is 1440. The van der Waals surface area contributed by atoms with Crippen LogP contribution in [0.15, 0.2) is 97.2 Å². The Hall–Kier alpha value is -4.64. The molecule has 218 valence electrons. The summed E-state index contributed by atoms with van der Waals surface area (Å²) in [6.07, 6.45) is 1.32. The summed E-state index contributed by atoms with van der Waals surface area (Å²) in [5.41, 5.74) is 20.4. The van der Waals surface area contributed by atoms with Crippen LogP contribution >= 0.6 is 0 Å². The standard InChI is InChI=1S/C32H37N7O3/c33-15-17-39(18-16-34)28(40)20-26(35)31(41)38-30(29(22-9-3-1-4-10-22)23-11-5-2-6-12-23)32(42)37-25-19-24-13-7-8-14-27(24)36-21-25/h1-14,19,21,26,29-30H,15-18,20,33-35H2,(H,37,42)(H,38,41)/t26-,30-/m0/s1. The lowest BCUT2D eigenvalue weighted by Gasteiger charge is -2.29. The molecule has 1 heterocycles. The highest BCUT2D eigenvalue weighted by molar-refractivity contribution is 6.00. The monoisotopic (exact) mass is 567 g/mol. The van der Waals surface area contributed by atoms with E-state index in [2.05, 4.69) is 15.6 Å². The van der Waals surface area contributed by atoms with Gasteiger partial charge in [0.15, 0.2) is 0 Å². The van der Waals surface area contributed by atoms with E-state index in [0.29, 0.717) is 18.8 Å². The van der Waals surface area contributed by atoms with Crippen molar-refractivity contribution >= 4 is 34.3 Å². The van der Waals surface area contributed by atoms with Gasteiger partial charge < -0.3 is 32.7 Å². The van der Waals surface area contributed by atoms with Gasteiger partial charge in [-0.3, -0.25) is 19.4 Å². The van der Waals surface area contributed by atoms with Crippen molar-refractivity contribution in [3.8, 4) is 0 Å². The Kier molecular flexibility index (Phi) is 10.7. The number of anilines is 1. The molecule has 0 aliphatic carbocycles. The highest BCUT2D eigenvalue weighted by Crippen LogP contribution is 2.29. The first kappa shape index (κ1) is 30.3. The zero-order valence-electron chi connectivity index (χ0n) is 23.4. The summed E-state index contributed by atoms with van der Waals surface area (Å²) in [7, 11) is 0. The van der Waals surface area contributed by atoms with Crippen LogP contribution in [0.5, 0.6) is 0 Å². The van der Waals surface area contributed by atoms with Crippen LogP contribution in [-0.2, 0) is 14.4 Å². The normalized spacial score (nSPS) is 12.5. The van der Waals surface area contributed by atoms with Crippen molar-refractivity contribution in [1.29, 1.82) is 0 Å². The molecular weight excluding hydrogens is 530 g/mol. The van der Waals surface area contributed by atoms with Crippen LogP contribution in [0.1, 0.15) is 23.5 Å². The van der Waals surface area contributed by atoms with E-state index in [9.17, 15) is 14.4 Å². The number of amides is 3. The van der Waals surface area contributed by atoms with Crippen LogP contribution in [0, 0.1) is 0 Å². The third kappa shape index (κ3) is 7.76. The van der Waals surface area contributed by atoms with Crippen LogP contribution in [0.2, 0.25) is 0 Å². The average molecular weight is 568 g/mol. The summed E-state index contributed by atoms with van der Waals surface area (Å²) in [5, 5.41) is 6.65. The molecule has 0 fully saturated rings. The zero-order chi connectivity index (χ0) is 29.9. The highest BCUT2D eigenvalue weighted by Gasteiger charge is 2.34. The minimum atomic E-state index is -1.19. The van der Waals surface area contributed by atoms with Crippen molar-refractivity contribution in [2.24, 2.45) is 17.2 Å². The molecule has 1 aromatic heterocycles. The van der Waals surface area contributed by atoms with E-state index < -0.39 is 29.8 Å². The number of pyridine rings is 1. The van der Waals surface area contributed by atoms with Crippen molar-refractivity contribution in [1.82, 2.24) is 15.2 Å². The van der Waals surface area contributed by atoms with E-state index in [0.717, 1.165) is 22.0 Å². The fraction of sp³-hybridized carbons (Fsp3) is 0.250. The fourth-order valence-corrected chi connectivity index (χ4v) is 4.90. The predicted octanol–water partition coefficient (Wildman–Crippen LogP) is 1.95. The quantitative estimate of drug-likeness (QED) is 0.164. The number of carbonyl (C=O) groups is 3. The molecule has 10 nitrogen and oxygen atoms in total. The van der Waals surface area contributed by atoms with Gasteiger partial charge in [0, 0.05) is 37.5 Å². The van der Waals surface area contributed by atoms with Crippen LogP contribution < -0.4 is 27.8 Å². The van der Waals surface area contributed by atoms with Crippen LogP contribution in [0.4, 0.5) is 5.69 Å². The van der Waals surface area contributed by atoms with Gasteiger partial charge in [0.05, 0.1) is 29.9 Å². The van der Waals surface area contributed by atoms with E-state index in [1.165, 1.54) is 4.90 Å². The number of rotatable bonds is 13. The van der Waals surface area contributed by atoms with Crippen LogP contribution in [-0.4, -0.2) is 65.9 Å². The van der Waals surface area contributed by atoms with Crippen LogP contribution in [0.25, 0.3) is 10.9 Å². The fourth-order valence-electron chi connectivity index (χ4n) is 4.90.